The van der Waals surface area contributed by atoms with E-state index in [0.717, 1.165) is 5.01 Å². The van der Waals surface area contributed by atoms with Gasteiger partial charge in [0.15, 0.2) is 0 Å². The Morgan fingerprint density at radius 1 is 1.55 bits per heavy atom. The van der Waals surface area contributed by atoms with Gasteiger partial charge in [-0.05, 0) is 0 Å². The molecular weight excluding hydrogens is 162 g/mol. The van der Waals surface area contributed by atoms with Crippen molar-refractivity contribution in [2.24, 2.45) is 0 Å². The molecule has 2 rings (SSSR count). The highest BCUT2D eigenvalue weighted by Gasteiger charge is 2.04. The van der Waals surface area contributed by atoms with Crippen LogP contribution in [0.25, 0.3) is 10.7 Å². The Balaban J connectivity index is 2.45. The molecule has 0 fully saturated rings. The fraction of sp³-hybridized carbons (Fsp3) is 0. The van der Waals surface area contributed by atoms with Gasteiger partial charge >= 0.3 is 0 Å². The zero-order chi connectivity index (χ0) is 7.68. The second kappa shape index (κ2) is 2.35. The average molecular weight is 167 g/mol. The van der Waals surface area contributed by atoms with Gasteiger partial charge in [0.1, 0.15) is 10.7 Å². The molecule has 5 heteroatoms. The Labute approximate surface area is 66.7 Å². The molecule has 0 amide bonds. The topological polar surface area (TPSA) is 64.9 Å². The molecule has 0 radical (unpaired) electrons. The summed E-state index contributed by atoms with van der Waals surface area (Å²) in [6, 6.07) is 1.65. The number of anilines is 1. The average Bonchev–Trinajstić information content (AvgIpc) is 2.55. The van der Waals surface area contributed by atoms with E-state index in [1.165, 1.54) is 11.3 Å². The van der Waals surface area contributed by atoms with Crippen molar-refractivity contribution >= 4 is 17.2 Å². The van der Waals surface area contributed by atoms with E-state index >= 15 is 0 Å². The molecule has 0 aliphatic heterocycles. The summed E-state index contributed by atoms with van der Waals surface area (Å²) in [6.45, 7) is 0. The molecule has 2 aromatic heterocycles. The molecule has 0 aliphatic rings. The maximum absolute atomic E-state index is 5.33. The van der Waals surface area contributed by atoms with Crippen molar-refractivity contribution < 1.29 is 4.52 Å². The van der Waals surface area contributed by atoms with Gasteiger partial charge in [-0.2, -0.15) is 0 Å². The zero-order valence-corrected chi connectivity index (χ0v) is 6.34. The van der Waals surface area contributed by atoms with Crippen molar-refractivity contribution in [1.29, 1.82) is 0 Å². The first-order valence-electron chi connectivity index (χ1n) is 2.98. The van der Waals surface area contributed by atoms with Crippen molar-refractivity contribution in [3.63, 3.8) is 0 Å². The minimum absolute atomic E-state index is 0.315. The van der Waals surface area contributed by atoms with Crippen LogP contribution in [0, 0.1) is 0 Å². The molecule has 56 valence electrons. The van der Waals surface area contributed by atoms with Crippen LogP contribution < -0.4 is 5.73 Å². The van der Waals surface area contributed by atoms with Crippen LogP contribution in [0.15, 0.2) is 22.2 Å². The maximum atomic E-state index is 5.33. The highest BCUT2D eigenvalue weighted by molar-refractivity contribution is 7.13. The largest absolute Gasteiger partial charge is 0.368 e. The highest BCUT2D eigenvalue weighted by atomic mass is 32.1. The molecule has 0 aliphatic carbocycles. The van der Waals surface area contributed by atoms with E-state index in [9.17, 15) is 0 Å². The zero-order valence-electron chi connectivity index (χ0n) is 5.52. The molecule has 0 saturated carbocycles. The molecule has 4 nitrogen and oxygen atoms in total. The monoisotopic (exact) mass is 167 g/mol. The van der Waals surface area contributed by atoms with Crippen LogP contribution in [0.1, 0.15) is 0 Å². The van der Waals surface area contributed by atoms with Crippen LogP contribution in [0.5, 0.6) is 0 Å². The quantitative estimate of drug-likeness (QED) is 0.696. The molecule has 0 bridgehead atoms. The lowest BCUT2D eigenvalue weighted by Gasteiger charge is -1.80. The lowest BCUT2D eigenvalue weighted by molar-refractivity contribution is 0.439. The minimum Gasteiger partial charge on any atom is -0.368 e. The van der Waals surface area contributed by atoms with Crippen LogP contribution in [0.4, 0.5) is 5.88 Å². The highest BCUT2D eigenvalue weighted by Crippen LogP contribution is 2.21. The number of rotatable bonds is 1. The van der Waals surface area contributed by atoms with Gasteiger partial charge in [0.25, 0.3) is 0 Å². The standard InChI is InChI=1S/C6H5N3OS/c7-5-3-4(9-10-5)6-8-1-2-11-6/h1-3H,7H2. The van der Waals surface area contributed by atoms with Gasteiger partial charge < -0.3 is 10.3 Å². The fourth-order valence-corrected chi connectivity index (χ4v) is 1.33. The number of aromatic nitrogens is 2. The lowest BCUT2D eigenvalue weighted by Crippen LogP contribution is -1.76. The summed E-state index contributed by atoms with van der Waals surface area (Å²) in [5.41, 5.74) is 6.02. The fourth-order valence-electron chi connectivity index (χ4n) is 0.740. The van der Waals surface area contributed by atoms with Crippen molar-refractivity contribution in [2.75, 3.05) is 5.73 Å². The minimum atomic E-state index is 0.315. The second-order valence-corrected chi connectivity index (χ2v) is 2.85. The Morgan fingerprint density at radius 2 is 2.45 bits per heavy atom. The summed E-state index contributed by atoms with van der Waals surface area (Å²) < 4.78 is 4.68. The molecule has 0 aromatic carbocycles. The second-order valence-electron chi connectivity index (χ2n) is 1.95. The van der Waals surface area contributed by atoms with Gasteiger partial charge in [0.2, 0.25) is 5.88 Å². The van der Waals surface area contributed by atoms with Crippen molar-refractivity contribution in [3.8, 4) is 10.7 Å². The summed E-state index contributed by atoms with van der Waals surface area (Å²) in [7, 11) is 0. The summed E-state index contributed by atoms with van der Waals surface area (Å²) in [4.78, 5) is 4.04. The summed E-state index contributed by atoms with van der Waals surface area (Å²) in [6.07, 6.45) is 1.71. The first-order valence-corrected chi connectivity index (χ1v) is 3.86. The molecule has 0 spiro atoms. The van der Waals surface area contributed by atoms with E-state index in [1.54, 1.807) is 12.3 Å². The summed E-state index contributed by atoms with van der Waals surface area (Å²) in [5.74, 6) is 0.315. The summed E-state index contributed by atoms with van der Waals surface area (Å²) in [5, 5.41) is 6.41. The Hall–Kier alpha value is -1.36. The predicted molar refractivity (Wildman–Crippen MR) is 42.0 cm³/mol. The van der Waals surface area contributed by atoms with Crippen LogP contribution in [-0.4, -0.2) is 10.1 Å². The van der Waals surface area contributed by atoms with E-state index in [-0.39, 0.29) is 0 Å². The molecule has 2 aromatic rings. The number of hydrogen-bond donors (Lipinski definition) is 1. The molecule has 0 unspecified atom stereocenters. The van der Waals surface area contributed by atoms with Crippen LogP contribution in [0.3, 0.4) is 0 Å². The van der Waals surface area contributed by atoms with E-state index in [0.29, 0.717) is 11.6 Å². The lowest BCUT2D eigenvalue weighted by atomic mass is 10.4. The third kappa shape index (κ3) is 1.10. The molecule has 2 heterocycles. The molecule has 0 atom stereocenters. The molecular formula is C6H5N3OS. The van der Waals surface area contributed by atoms with Gasteiger partial charge in [-0.15, -0.1) is 11.3 Å². The maximum Gasteiger partial charge on any atom is 0.222 e. The van der Waals surface area contributed by atoms with Crippen molar-refractivity contribution in [2.45, 2.75) is 0 Å². The summed E-state index contributed by atoms with van der Waals surface area (Å²) >= 11 is 1.50. The van der Waals surface area contributed by atoms with Gasteiger partial charge in [-0.1, -0.05) is 5.16 Å². The SMILES string of the molecule is Nc1cc(-c2nccs2)no1. The van der Waals surface area contributed by atoms with Gasteiger partial charge in [0, 0.05) is 17.6 Å². The molecule has 0 saturated heterocycles. The number of hydrogen-bond acceptors (Lipinski definition) is 5. The first-order chi connectivity index (χ1) is 5.36. The van der Waals surface area contributed by atoms with Gasteiger partial charge in [-0.25, -0.2) is 4.98 Å². The van der Waals surface area contributed by atoms with Crippen LogP contribution in [0.2, 0.25) is 0 Å². The molecule has 2 N–H and O–H groups in total. The third-order valence-electron chi connectivity index (χ3n) is 1.18. The Kier molecular flexibility index (Phi) is 1.36. The van der Waals surface area contributed by atoms with E-state index < -0.39 is 0 Å². The normalized spacial score (nSPS) is 10.2. The van der Waals surface area contributed by atoms with Crippen LogP contribution in [-0.2, 0) is 0 Å². The first kappa shape index (κ1) is 6.36. The third-order valence-corrected chi connectivity index (χ3v) is 1.98. The van der Waals surface area contributed by atoms with Gasteiger partial charge in [0.05, 0.1) is 0 Å². The number of thiazole rings is 1. The van der Waals surface area contributed by atoms with Crippen molar-refractivity contribution in [1.82, 2.24) is 10.1 Å². The van der Waals surface area contributed by atoms with Crippen LogP contribution >= 0.6 is 11.3 Å². The number of nitrogens with two attached hydrogens (primary N) is 1. The number of nitrogen functional groups attached to an aromatic ring is 1. The van der Waals surface area contributed by atoms with Gasteiger partial charge in [-0.3, -0.25) is 0 Å². The Morgan fingerprint density at radius 3 is 3.00 bits per heavy atom. The smallest absolute Gasteiger partial charge is 0.222 e. The molecule has 11 heavy (non-hydrogen) atoms. The number of nitrogens with zero attached hydrogens (tertiary/aromatic N) is 2. The van der Waals surface area contributed by atoms with E-state index in [2.05, 4.69) is 14.7 Å². The van der Waals surface area contributed by atoms with E-state index in [1.807, 2.05) is 5.38 Å². The Bertz CT molecular complexity index is 340. The van der Waals surface area contributed by atoms with Crippen molar-refractivity contribution in [3.05, 3.63) is 17.6 Å². The predicted octanol–water partition coefficient (Wildman–Crippen LogP) is 1.38. The van der Waals surface area contributed by atoms with E-state index in [4.69, 9.17) is 5.73 Å².